The molecule has 3 heteroatoms. The quantitative estimate of drug-likeness (QED) is 0.602. The van der Waals surface area contributed by atoms with Crippen LogP contribution < -0.4 is 0 Å². The molecule has 0 radical (unpaired) electrons. The van der Waals surface area contributed by atoms with Crippen molar-refractivity contribution in [2.24, 2.45) is 11.8 Å². The van der Waals surface area contributed by atoms with E-state index in [0.717, 1.165) is 0 Å². The molecule has 0 amide bonds. The lowest BCUT2D eigenvalue weighted by molar-refractivity contribution is -0.145. The zero-order valence-corrected chi connectivity index (χ0v) is 7.15. The van der Waals surface area contributed by atoms with Gasteiger partial charge in [-0.2, -0.15) is 0 Å². The Morgan fingerprint density at radius 3 is 2.92 bits per heavy atom. The van der Waals surface area contributed by atoms with E-state index < -0.39 is 0 Å². The topological polar surface area (TPSA) is 46.5 Å². The molecule has 0 aromatic carbocycles. The van der Waals surface area contributed by atoms with Crippen molar-refractivity contribution in [1.29, 1.82) is 0 Å². The summed E-state index contributed by atoms with van der Waals surface area (Å²) < 4.78 is 4.58. The molecule has 0 aliphatic heterocycles. The summed E-state index contributed by atoms with van der Waals surface area (Å²) in [5, 5.41) is 9.29. The lowest BCUT2D eigenvalue weighted by atomic mass is 9.88. The standard InChI is InChI=1S/C9H12O3/c1-6-7(9(11)12-2)4-3-5-8(6)10/h3-7,10H,1-2H3. The summed E-state index contributed by atoms with van der Waals surface area (Å²) in [6.07, 6.45) is 4.98. The molecular weight excluding hydrogens is 156 g/mol. The second kappa shape index (κ2) is 3.43. The van der Waals surface area contributed by atoms with Gasteiger partial charge < -0.3 is 9.84 Å². The van der Waals surface area contributed by atoms with Crippen molar-refractivity contribution in [2.75, 3.05) is 7.11 Å². The maximum Gasteiger partial charge on any atom is 0.313 e. The first-order valence-electron chi connectivity index (χ1n) is 3.82. The molecule has 3 nitrogen and oxygen atoms in total. The second-order valence-corrected chi connectivity index (χ2v) is 2.81. The van der Waals surface area contributed by atoms with Crippen LogP contribution in [0.5, 0.6) is 0 Å². The molecule has 2 unspecified atom stereocenters. The van der Waals surface area contributed by atoms with E-state index in [1.807, 2.05) is 0 Å². The Kier molecular flexibility index (Phi) is 2.53. The highest BCUT2D eigenvalue weighted by Gasteiger charge is 2.27. The predicted octanol–water partition coefficient (Wildman–Crippen LogP) is 1.42. The van der Waals surface area contributed by atoms with E-state index in [-0.39, 0.29) is 23.6 Å². The molecule has 0 heterocycles. The van der Waals surface area contributed by atoms with Gasteiger partial charge in [0.05, 0.1) is 18.8 Å². The minimum Gasteiger partial charge on any atom is -0.512 e. The van der Waals surface area contributed by atoms with Crippen LogP contribution >= 0.6 is 0 Å². The Bertz CT molecular complexity index is 240. The molecule has 1 N–H and O–H groups in total. The van der Waals surface area contributed by atoms with Gasteiger partial charge in [-0.05, 0) is 6.08 Å². The molecule has 0 saturated heterocycles. The third kappa shape index (κ3) is 1.49. The van der Waals surface area contributed by atoms with Crippen molar-refractivity contribution < 1.29 is 14.6 Å². The highest BCUT2D eigenvalue weighted by Crippen LogP contribution is 2.24. The van der Waals surface area contributed by atoms with Crippen molar-refractivity contribution in [3.63, 3.8) is 0 Å². The largest absolute Gasteiger partial charge is 0.512 e. The first kappa shape index (κ1) is 8.84. The minimum atomic E-state index is -0.347. The SMILES string of the molecule is COC(=O)C1C=CC=C(O)C1C. The number of hydrogen-bond acceptors (Lipinski definition) is 3. The van der Waals surface area contributed by atoms with Crippen molar-refractivity contribution in [1.82, 2.24) is 0 Å². The van der Waals surface area contributed by atoms with Crippen LogP contribution in [0.15, 0.2) is 24.0 Å². The number of aliphatic hydroxyl groups excluding tert-OH is 1. The molecule has 0 aromatic rings. The summed E-state index contributed by atoms with van der Waals surface area (Å²) in [6, 6.07) is 0. The lowest BCUT2D eigenvalue weighted by Crippen LogP contribution is -2.24. The summed E-state index contributed by atoms with van der Waals surface area (Å²) in [4.78, 5) is 11.1. The monoisotopic (exact) mass is 168 g/mol. The van der Waals surface area contributed by atoms with Crippen LogP contribution in [-0.2, 0) is 9.53 Å². The van der Waals surface area contributed by atoms with Crippen molar-refractivity contribution in [3.05, 3.63) is 24.0 Å². The highest BCUT2D eigenvalue weighted by molar-refractivity contribution is 5.75. The molecule has 2 atom stereocenters. The van der Waals surface area contributed by atoms with Crippen molar-refractivity contribution in [3.8, 4) is 0 Å². The smallest absolute Gasteiger partial charge is 0.313 e. The number of rotatable bonds is 1. The number of allylic oxidation sites excluding steroid dienone is 3. The third-order valence-electron chi connectivity index (χ3n) is 2.06. The fourth-order valence-electron chi connectivity index (χ4n) is 1.20. The van der Waals surface area contributed by atoms with Crippen LogP contribution in [-0.4, -0.2) is 18.2 Å². The summed E-state index contributed by atoms with van der Waals surface area (Å²) in [7, 11) is 1.35. The molecule has 0 bridgehead atoms. The average Bonchev–Trinajstić information content (AvgIpc) is 2.08. The van der Waals surface area contributed by atoms with Crippen LogP contribution in [0.25, 0.3) is 0 Å². The van der Waals surface area contributed by atoms with E-state index in [9.17, 15) is 9.90 Å². The van der Waals surface area contributed by atoms with E-state index in [1.165, 1.54) is 7.11 Å². The summed E-state index contributed by atoms with van der Waals surface area (Å²) >= 11 is 0. The van der Waals surface area contributed by atoms with Gasteiger partial charge >= 0.3 is 5.97 Å². The van der Waals surface area contributed by atoms with Crippen LogP contribution in [0.3, 0.4) is 0 Å². The molecule has 1 rings (SSSR count). The molecule has 0 saturated carbocycles. The lowest BCUT2D eigenvalue weighted by Gasteiger charge is -2.20. The first-order valence-corrected chi connectivity index (χ1v) is 3.82. The second-order valence-electron chi connectivity index (χ2n) is 2.81. The van der Waals surface area contributed by atoms with Crippen molar-refractivity contribution >= 4 is 5.97 Å². The normalized spacial score (nSPS) is 28.0. The molecule has 1 aliphatic rings. The Labute approximate surface area is 71.3 Å². The maximum atomic E-state index is 11.1. The van der Waals surface area contributed by atoms with Crippen LogP contribution in [0, 0.1) is 11.8 Å². The highest BCUT2D eigenvalue weighted by atomic mass is 16.5. The third-order valence-corrected chi connectivity index (χ3v) is 2.06. The number of ether oxygens (including phenoxy) is 1. The van der Waals surface area contributed by atoms with Crippen LogP contribution in [0.4, 0.5) is 0 Å². The van der Waals surface area contributed by atoms with Gasteiger partial charge in [-0.15, -0.1) is 0 Å². The zero-order chi connectivity index (χ0) is 9.14. The number of aliphatic hydroxyl groups is 1. The Balaban J connectivity index is 2.76. The molecule has 1 aliphatic carbocycles. The summed E-state index contributed by atoms with van der Waals surface area (Å²) in [5.41, 5.74) is 0. The number of hydrogen-bond donors (Lipinski definition) is 1. The number of carbonyl (C=O) groups excluding carboxylic acids is 1. The molecule has 0 spiro atoms. The van der Waals surface area contributed by atoms with E-state index in [0.29, 0.717) is 0 Å². The average molecular weight is 168 g/mol. The van der Waals surface area contributed by atoms with Gasteiger partial charge in [0.15, 0.2) is 0 Å². The van der Waals surface area contributed by atoms with E-state index in [2.05, 4.69) is 4.74 Å². The predicted molar refractivity (Wildman–Crippen MR) is 44.5 cm³/mol. The zero-order valence-electron chi connectivity index (χ0n) is 7.15. The van der Waals surface area contributed by atoms with Crippen LogP contribution in [0.2, 0.25) is 0 Å². The van der Waals surface area contributed by atoms with Gasteiger partial charge in [-0.1, -0.05) is 19.1 Å². The summed E-state index contributed by atoms with van der Waals surface area (Å²) in [6.45, 7) is 1.79. The van der Waals surface area contributed by atoms with E-state index >= 15 is 0 Å². The van der Waals surface area contributed by atoms with Gasteiger partial charge in [0.25, 0.3) is 0 Å². The van der Waals surface area contributed by atoms with Crippen LogP contribution in [0.1, 0.15) is 6.92 Å². The fourth-order valence-corrected chi connectivity index (χ4v) is 1.20. The Hall–Kier alpha value is -1.25. The molecular formula is C9H12O3. The van der Waals surface area contributed by atoms with E-state index in [1.54, 1.807) is 25.2 Å². The molecule has 0 fully saturated rings. The van der Waals surface area contributed by atoms with Gasteiger partial charge in [0.2, 0.25) is 0 Å². The Morgan fingerprint density at radius 1 is 1.67 bits per heavy atom. The minimum absolute atomic E-state index is 0.178. The van der Waals surface area contributed by atoms with Gasteiger partial charge in [-0.25, -0.2) is 0 Å². The molecule has 66 valence electrons. The maximum absolute atomic E-state index is 11.1. The number of methoxy groups -OCH3 is 1. The molecule has 0 aromatic heterocycles. The number of carbonyl (C=O) groups is 1. The fraction of sp³-hybridized carbons (Fsp3) is 0.444. The first-order chi connectivity index (χ1) is 5.66. The summed E-state index contributed by atoms with van der Waals surface area (Å²) in [5.74, 6) is -0.603. The number of esters is 1. The van der Waals surface area contributed by atoms with Crippen molar-refractivity contribution in [2.45, 2.75) is 6.92 Å². The molecule has 12 heavy (non-hydrogen) atoms. The van der Waals surface area contributed by atoms with E-state index in [4.69, 9.17) is 0 Å². The van der Waals surface area contributed by atoms with Gasteiger partial charge in [-0.3, -0.25) is 4.79 Å². The van der Waals surface area contributed by atoms with Gasteiger partial charge in [0.1, 0.15) is 0 Å². The Morgan fingerprint density at radius 2 is 2.33 bits per heavy atom. The van der Waals surface area contributed by atoms with Gasteiger partial charge in [0, 0.05) is 5.92 Å².